The summed E-state index contributed by atoms with van der Waals surface area (Å²) in [6.07, 6.45) is 7.62. The molecular formula is C16H28O. The van der Waals surface area contributed by atoms with Gasteiger partial charge in [0, 0.05) is 0 Å². The van der Waals surface area contributed by atoms with Crippen molar-refractivity contribution in [3.05, 3.63) is 12.7 Å². The molecule has 2 bridgehead atoms. The third kappa shape index (κ3) is 1.54. The van der Waals surface area contributed by atoms with Crippen molar-refractivity contribution in [1.29, 1.82) is 0 Å². The Kier molecular flexibility index (Phi) is 2.97. The number of aliphatic hydroxyl groups is 1. The van der Waals surface area contributed by atoms with Crippen LogP contribution in [0.2, 0.25) is 0 Å². The topological polar surface area (TPSA) is 20.2 Å². The van der Waals surface area contributed by atoms with Gasteiger partial charge in [-0.2, -0.15) is 0 Å². The molecule has 98 valence electrons. The van der Waals surface area contributed by atoms with Crippen molar-refractivity contribution in [3.8, 4) is 0 Å². The van der Waals surface area contributed by atoms with E-state index in [-0.39, 0.29) is 11.5 Å². The van der Waals surface area contributed by atoms with Crippen molar-refractivity contribution < 1.29 is 5.11 Å². The predicted octanol–water partition coefficient (Wildman–Crippen LogP) is 4.17. The van der Waals surface area contributed by atoms with Gasteiger partial charge in [0.2, 0.25) is 0 Å². The van der Waals surface area contributed by atoms with E-state index >= 15 is 0 Å². The van der Waals surface area contributed by atoms with Gasteiger partial charge in [-0.25, -0.2) is 0 Å². The fourth-order valence-electron chi connectivity index (χ4n) is 4.89. The SMILES string of the molecule is C=CC[C@]1(C)C[C@H]2[C@H](O)CCC[C@]1(C)C2(C)C. The highest BCUT2D eigenvalue weighted by Crippen LogP contribution is 2.70. The van der Waals surface area contributed by atoms with E-state index in [1.54, 1.807) is 0 Å². The molecule has 2 rings (SSSR count). The van der Waals surface area contributed by atoms with Crippen LogP contribution in [0.25, 0.3) is 0 Å². The molecule has 17 heavy (non-hydrogen) atoms. The van der Waals surface area contributed by atoms with E-state index in [1.165, 1.54) is 12.8 Å². The molecule has 0 aromatic heterocycles. The highest BCUT2D eigenvalue weighted by atomic mass is 16.3. The Bertz CT molecular complexity index is 319. The zero-order valence-electron chi connectivity index (χ0n) is 11.9. The van der Waals surface area contributed by atoms with Crippen LogP contribution >= 0.6 is 0 Å². The van der Waals surface area contributed by atoms with Crippen LogP contribution in [-0.2, 0) is 0 Å². The van der Waals surface area contributed by atoms with E-state index in [0.717, 1.165) is 19.3 Å². The van der Waals surface area contributed by atoms with Crippen molar-refractivity contribution in [1.82, 2.24) is 0 Å². The van der Waals surface area contributed by atoms with Gasteiger partial charge in [-0.3, -0.25) is 0 Å². The molecule has 0 heterocycles. The van der Waals surface area contributed by atoms with Crippen molar-refractivity contribution in [2.45, 2.75) is 65.9 Å². The van der Waals surface area contributed by atoms with Crippen LogP contribution in [0.3, 0.4) is 0 Å². The first-order chi connectivity index (χ1) is 7.78. The summed E-state index contributed by atoms with van der Waals surface area (Å²) in [6.45, 7) is 13.6. The lowest BCUT2D eigenvalue weighted by Crippen LogP contribution is -2.42. The number of hydrogen-bond donors (Lipinski definition) is 1. The number of allylic oxidation sites excluding steroid dienone is 1. The minimum Gasteiger partial charge on any atom is -0.393 e. The second-order valence-corrected chi connectivity index (χ2v) is 7.38. The van der Waals surface area contributed by atoms with Crippen molar-refractivity contribution in [2.24, 2.45) is 22.2 Å². The van der Waals surface area contributed by atoms with Gasteiger partial charge in [0.05, 0.1) is 6.10 Å². The first kappa shape index (κ1) is 13.1. The highest BCUT2D eigenvalue weighted by molar-refractivity contribution is 5.14. The van der Waals surface area contributed by atoms with Crippen LogP contribution in [0.4, 0.5) is 0 Å². The van der Waals surface area contributed by atoms with E-state index in [4.69, 9.17) is 0 Å². The minimum absolute atomic E-state index is 0.0986. The smallest absolute Gasteiger partial charge is 0.0573 e. The molecule has 0 unspecified atom stereocenters. The maximum absolute atomic E-state index is 10.4. The highest BCUT2D eigenvalue weighted by Gasteiger charge is 2.64. The third-order valence-electron chi connectivity index (χ3n) is 6.59. The quantitative estimate of drug-likeness (QED) is 0.714. The van der Waals surface area contributed by atoms with E-state index in [2.05, 4.69) is 40.3 Å². The normalized spacial score (nSPS) is 48.8. The van der Waals surface area contributed by atoms with Crippen LogP contribution in [0, 0.1) is 22.2 Å². The Morgan fingerprint density at radius 3 is 2.53 bits per heavy atom. The third-order valence-corrected chi connectivity index (χ3v) is 6.59. The molecule has 2 fully saturated rings. The van der Waals surface area contributed by atoms with Crippen molar-refractivity contribution in [2.75, 3.05) is 0 Å². The Labute approximate surface area is 106 Å². The van der Waals surface area contributed by atoms with Gasteiger partial charge in [-0.05, 0) is 47.8 Å². The lowest BCUT2D eigenvalue weighted by Gasteiger charge is -2.49. The molecule has 1 nitrogen and oxygen atoms in total. The summed E-state index contributed by atoms with van der Waals surface area (Å²) in [5.74, 6) is 0.458. The Morgan fingerprint density at radius 1 is 1.29 bits per heavy atom. The summed E-state index contributed by atoms with van der Waals surface area (Å²) in [4.78, 5) is 0. The monoisotopic (exact) mass is 236 g/mol. The molecule has 2 aliphatic rings. The van der Waals surface area contributed by atoms with Gasteiger partial charge in [-0.15, -0.1) is 6.58 Å². The number of hydrogen-bond acceptors (Lipinski definition) is 1. The maximum Gasteiger partial charge on any atom is 0.0573 e. The molecule has 4 atom stereocenters. The molecule has 0 aromatic rings. The van der Waals surface area contributed by atoms with E-state index in [0.29, 0.717) is 16.7 Å². The van der Waals surface area contributed by atoms with Gasteiger partial charge in [0.1, 0.15) is 0 Å². The summed E-state index contributed by atoms with van der Waals surface area (Å²) in [5, 5.41) is 10.4. The zero-order valence-corrected chi connectivity index (χ0v) is 11.9. The van der Waals surface area contributed by atoms with Crippen LogP contribution in [0.1, 0.15) is 59.8 Å². The Balaban J connectivity index is 2.47. The molecule has 2 saturated carbocycles. The zero-order chi connectivity index (χ0) is 12.9. The molecule has 2 aliphatic carbocycles. The lowest BCUT2D eigenvalue weighted by molar-refractivity contribution is -0.00711. The Hall–Kier alpha value is -0.300. The molecule has 1 N–H and O–H groups in total. The lowest BCUT2D eigenvalue weighted by atomic mass is 9.56. The van der Waals surface area contributed by atoms with Crippen LogP contribution in [0.5, 0.6) is 0 Å². The van der Waals surface area contributed by atoms with E-state index in [9.17, 15) is 5.11 Å². The fraction of sp³-hybridized carbons (Fsp3) is 0.875. The molecule has 0 amide bonds. The molecule has 0 saturated heterocycles. The first-order valence-corrected chi connectivity index (χ1v) is 7.07. The molecule has 0 aliphatic heterocycles. The molecular weight excluding hydrogens is 208 g/mol. The average Bonchev–Trinajstić information content (AvgIpc) is 2.31. The van der Waals surface area contributed by atoms with E-state index < -0.39 is 0 Å². The largest absolute Gasteiger partial charge is 0.393 e. The van der Waals surface area contributed by atoms with Gasteiger partial charge in [0.25, 0.3) is 0 Å². The molecule has 0 radical (unpaired) electrons. The van der Waals surface area contributed by atoms with Crippen LogP contribution < -0.4 is 0 Å². The van der Waals surface area contributed by atoms with Gasteiger partial charge in [-0.1, -0.05) is 40.2 Å². The van der Waals surface area contributed by atoms with Crippen LogP contribution in [-0.4, -0.2) is 11.2 Å². The fourth-order valence-corrected chi connectivity index (χ4v) is 4.89. The maximum atomic E-state index is 10.4. The van der Waals surface area contributed by atoms with Crippen molar-refractivity contribution in [3.63, 3.8) is 0 Å². The summed E-state index contributed by atoms with van der Waals surface area (Å²) < 4.78 is 0. The summed E-state index contributed by atoms with van der Waals surface area (Å²) >= 11 is 0. The summed E-state index contributed by atoms with van der Waals surface area (Å²) in [7, 11) is 0. The van der Waals surface area contributed by atoms with Gasteiger partial charge < -0.3 is 5.11 Å². The summed E-state index contributed by atoms with van der Waals surface area (Å²) in [5.41, 5.74) is 0.876. The average molecular weight is 236 g/mol. The number of aliphatic hydroxyl groups excluding tert-OH is 1. The number of rotatable bonds is 2. The molecule has 0 spiro atoms. The first-order valence-electron chi connectivity index (χ1n) is 7.07. The van der Waals surface area contributed by atoms with Gasteiger partial charge in [0.15, 0.2) is 0 Å². The van der Waals surface area contributed by atoms with Gasteiger partial charge >= 0.3 is 0 Å². The minimum atomic E-state index is -0.0986. The van der Waals surface area contributed by atoms with Crippen LogP contribution in [0.15, 0.2) is 12.7 Å². The van der Waals surface area contributed by atoms with E-state index in [1.807, 2.05) is 0 Å². The molecule has 1 heteroatoms. The molecule has 0 aromatic carbocycles. The second kappa shape index (κ2) is 3.85. The second-order valence-electron chi connectivity index (χ2n) is 7.38. The Morgan fingerprint density at radius 2 is 1.94 bits per heavy atom. The predicted molar refractivity (Wildman–Crippen MR) is 72.8 cm³/mol. The number of fused-ring (bicyclic) bond motifs is 2. The standard InChI is InChI=1S/C16H28O/c1-6-9-15(4)11-12-13(17)8-7-10-16(15,5)14(12,2)3/h6,12-13,17H,1,7-11H2,2-5H3/t12-,13+,15+,16+/m0/s1. The van der Waals surface area contributed by atoms with Crippen molar-refractivity contribution >= 4 is 0 Å². The summed E-state index contributed by atoms with van der Waals surface area (Å²) in [6, 6.07) is 0.